The SMILES string of the molecule is NNC(c1ccoc1Cl)c1sccc1Br. The first-order valence-corrected chi connectivity index (χ1v) is 6.21. The average Bonchev–Trinajstić information content (AvgIpc) is 2.80. The van der Waals surface area contributed by atoms with E-state index in [4.69, 9.17) is 21.9 Å². The van der Waals surface area contributed by atoms with Gasteiger partial charge in [-0.2, -0.15) is 0 Å². The van der Waals surface area contributed by atoms with Crippen LogP contribution < -0.4 is 11.3 Å². The van der Waals surface area contributed by atoms with Crippen molar-refractivity contribution < 1.29 is 4.42 Å². The van der Waals surface area contributed by atoms with Crippen LogP contribution in [0.1, 0.15) is 16.5 Å². The van der Waals surface area contributed by atoms with Crippen LogP contribution in [0, 0.1) is 0 Å². The number of rotatable bonds is 3. The Morgan fingerprint density at radius 3 is 2.80 bits per heavy atom. The number of nitrogens with two attached hydrogens (primary N) is 1. The molecule has 2 heterocycles. The summed E-state index contributed by atoms with van der Waals surface area (Å²) >= 11 is 11.0. The van der Waals surface area contributed by atoms with E-state index in [1.165, 1.54) is 0 Å². The molecule has 0 aliphatic carbocycles. The fourth-order valence-corrected chi connectivity index (χ4v) is 3.23. The lowest BCUT2D eigenvalue weighted by Gasteiger charge is -2.13. The minimum atomic E-state index is -0.148. The lowest BCUT2D eigenvalue weighted by Crippen LogP contribution is -2.28. The Bertz CT molecular complexity index is 416. The van der Waals surface area contributed by atoms with E-state index in [0.717, 1.165) is 14.9 Å². The molecular formula is C9H8BrClN2OS. The number of hydrogen-bond acceptors (Lipinski definition) is 4. The summed E-state index contributed by atoms with van der Waals surface area (Å²) in [5.41, 5.74) is 3.56. The third-order valence-corrected chi connectivity index (χ3v) is 4.27. The largest absolute Gasteiger partial charge is 0.453 e. The molecule has 2 aromatic rings. The van der Waals surface area contributed by atoms with Crippen molar-refractivity contribution in [2.45, 2.75) is 6.04 Å². The molecule has 1 atom stereocenters. The van der Waals surface area contributed by atoms with Crippen molar-refractivity contribution in [2.24, 2.45) is 5.84 Å². The molecule has 0 radical (unpaired) electrons. The Morgan fingerprint density at radius 2 is 2.33 bits per heavy atom. The van der Waals surface area contributed by atoms with E-state index < -0.39 is 0 Å². The second kappa shape index (κ2) is 4.67. The van der Waals surface area contributed by atoms with Gasteiger partial charge in [0.05, 0.1) is 12.3 Å². The van der Waals surface area contributed by atoms with Gasteiger partial charge in [-0.25, -0.2) is 5.43 Å². The van der Waals surface area contributed by atoms with Gasteiger partial charge in [0.1, 0.15) is 0 Å². The van der Waals surface area contributed by atoms with Gasteiger partial charge in [0.2, 0.25) is 0 Å². The first-order chi connectivity index (χ1) is 7.24. The number of hydrazine groups is 1. The molecule has 0 saturated carbocycles. The zero-order valence-electron chi connectivity index (χ0n) is 7.54. The summed E-state index contributed by atoms with van der Waals surface area (Å²) in [5, 5.41) is 2.34. The molecule has 0 spiro atoms. The Hall–Kier alpha value is -0.330. The maximum absolute atomic E-state index is 5.91. The van der Waals surface area contributed by atoms with E-state index in [2.05, 4.69) is 21.4 Å². The molecule has 3 N–H and O–H groups in total. The number of halogens is 2. The van der Waals surface area contributed by atoms with E-state index in [-0.39, 0.29) is 6.04 Å². The predicted octanol–water partition coefficient (Wildman–Crippen LogP) is 3.31. The topological polar surface area (TPSA) is 51.2 Å². The first kappa shape index (κ1) is 11.2. The van der Waals surface area contributed by atoms with Crippen LogP contribution in [0.25, 0.3) is 0 Å². The quantitative estimate of drug-likeness (QED) is 0.675. The van der Waals surface area contributed by atoms with Crippen molar-refractivity contribution in [1.82, 2.24) is 5.43 Å². The maximum atomic E-state index is 5.91. The Kier molecular flexibility index (Phi) is 3.48. The van der Waals surface area contributed by atoms with Gasteiger partial charge in [0.25, 0.3) is 0 Å². The summed E-state index contributed by atoms with van der Waals surface area (Å²) in [4.78, 5) is 1.07. The van der Waals surface area contributed by atoms with E-state index in [1.54, 1.807) is 23.7 Å². The van der Waals surface area contributed by atoms with Crippen LogP contribution in [0.15, 0.2) is 32.7 Å². The third kappa shape index (κ3) is 2.11. The summed E-state index contributed by atoms with van der Waals surface area (Å²) in [6.07, 6.45) is 1.55. The van der Waals surface area contributed by atoms with Crippen LogP contribution in [0.2, 0.25) is 5.22 Å². The highest BCUT2D eigenvalue weighted by molar-refractivity contribution is 9.10. The van der Waals surface area contributed by atoms with E-state index in [0.29, 0.717) is 5.22 Å². The Morgan fingerprint density at radius 1 is 1.53 bits per heavy atom. The summed E-state index contributed by atoms with van der Waals surface area (Å²) in [7, 11) is 0. The summed E-state index contributed by atoms with van der Waals surface area (Å²) < 4.78 is 6.05. The number of furan rings is 1. The zero-order valence-corrected chi connectivity index (χ0v) is 10.7. The van der Waals surface area contributed by atoms with E-state index >= 15 is 0 Å². The molecular weight excluding hydrogens is 300 g/mol. The van der Waals surface area contributed by atoms with Gasteiger partial charge in [-0.05, 0) is 45.0 Å². The van der Waals surface area contributed by atoms with Crippen molar-refractivity contribution in [2.75, 3.05) is 0 Å². The van der Waals surface area contributed by atoms with Gasteiger partial charge in [-0.3, -0.25) is 5.84 Å². The van der Waals surface area contributed by atoms with Gasteiger partial charge in [-0.15, -0.1) is 11.3 Å². The summed E-state index contributed by atoms with van der Waals surface area (Å²) in [6.45, 7) is 0. The smallest absolute Gasteiger partial charge is 0.198 e. The number of hydrogen-bond donors (Lipinski definition) is 2. The normalized spacial score (nSPS) is 13.0. The molecule has 1 unspecified atom stereocenters. The van der Waals surface area contributed by atoms with Crippen LogP contribution >= 0.6 is 38.9 Å². The van der Waals surface area contributed by atoms with Gasteiger partial charge in [0.15, 0.2) is 5.22 Å². The van der Waals surface area contributed by atoms with Crippen LogP contribution in [0.3, 0.4) is 0 Å². The molecule has 0 aliphatic heterocycles. The summed E-state index contributed by atoms with van der Waals surface area (Å²) in [5.74, 6) is 5.53. The molecule has 0 bridgehead atoms. The van der Waals surface area contributed by atoms with Crippen molar-refractivity contribution in [1.29, 1.82) is 0 Å². The van der Waals surface area contributed by atoms with Crippen molar-refractivity contribution in [3.8, 4) is 0 Å². The van der Waals surface area contributed by atoms with Gasteiger partial charge in [0, 0.05) is 14.9 Å². The van der Waals surface area contributed by atoms with Gasteiger partial charge in [-0.1, -0.05) is 0 Å². The standard InChI is InChI=1S/C9H8BrClN2OS/c10-6-2-4-15-8(6)7(13-12)5-1-3-14-9(5)11/h1-4,7,13H,12H2. The second-order valence-electron chi connectivity index (χ2n) is 2.88. The molecule has 2 rings (SSSR count). The highest BCUT2D eigenvalue weighted by Crippen LogP contribution is 2.35. The van der Waals surface area contributed by atoms with E-state index in [1.807, 2.05) is 11.4 Å². The lowest BCUT2D eigenvalue weighted by molar-refractivity contribution is 0.556. The molecule has 2 aromatic heterocycles. The van der Waals surface area contributed by atoms with Crippen LogP contribution in [-0.2, 0) is 0 Å². The maximum Gasteiger partial charge on any atom is 0.198 e. The van der Waals surface area contributed by atoms with E-state index in [9.17, 15) is 0 Å². The zero-order chi connectivity index (χ0) is 10.8. The van der Waals surface area contributed by atoms with Crippen LogP contribution in [0.5, 0.6) is 0 Å². The lowest BCUT2D eigenvalue weighted by atomic mass is 10.1. The van der Waals surface area contributed by atoms with Crippen LogP contribution in [0.4, 0.5) is 0 Å². The highest BCUT2D eigenvalue weighted by atomic mass is 79.9. The third-order valence-electron chi connectivity index (χ3n) is 2.03. The molecule has 15 heavy (non-hydrogen) atoms. The number of thiophene rings is 1. The molecule has 0 aromatic carbocycles. The fraction of sp³-hybridized carbons (Fsp3) is 0.111. The number of nitrogens with one attached hydrogen (secondary N) is 1. The molecule has 0 saturated heterocycles. The van der Waals surface area contributed by atoms with Gasteiger partial charge >= 0.3 is 0 Å². The Labute approximate surface area is 104 Å². The van der Waals surface area contributed by atoms with Crippen molar-refractivity contribution in [3.63, 3.8) is 0 Å². The Balaban J connectivity index is 2.41. The molecule has 0 aliphatic rings. The monoisotopic (exact) mass is 306 g/mol. The van der Waals surface area contributed by atoms with Crippen LogP contribution in [-0.4, -0.2) is 0 Å². The molecule has 80 valence electrons. The first-order valence-electron chi connectivity index (χ1n) is 4.16. The average molecular weight is 308 g/mol. The molecule has 0 fully saturated rings. The van der Waals surface area contributed by atoms with Crippen molar-refractivity contribution in [3.05, 3.63) is 43.9 Å². The van der Waals surface area contributed by atoms with Crippen molar-refractivity contribution >= 4 is 38.9 Å². The highest BCUT2D eigenvalue weighted by Gasteiger charge is 2.20. The predicted molar refractivity (Wildman–Crippen MR) is 64.9 cm³/mol. The molecule has 0 amide bonds. The summed E-state index contributed by atoms with van der Waals surface area (Å²) in [6, 6.07) is 3.63. The molecule has 6 heteroatoms. The minimum absolute atomic E-state index is 0.148. The second-order valence-corrected chi connectivity index (χ2v) is 5.03. The fourth-order valence-electron chi connectivity index (χ4n) is 1.33. The minimum Gasteiger partial charge on any atom is -0.453 e. The van der Waals surface area contributed by atoms with Gasteiger partial charge < -0.3 is 4.42 Å². The molecule has 3 nitrogen and oxygen atoms in total.